The van der Waals surface area contributed by atoms with Crippen LogP contribution in [0.5, 0.6) is 0 Å². The van der Waals surface area contributed by atoms with Crippen LogP contribution in [0.3, 0.4) is 0 Å². The number of H-pyrrole nitrogens is 1. The van der Waals surface area contributed by atoms with Gasteiger partial charge in [0.15, 0.2) is 0 Å². The van der Waals surface area contributed by atoms with Crippen molar-refractivity contribution in [1.82, 2.24) is 25.7 Å². The number of rotatable bonds is 2. The van der Waals surface area contributed by atoms with Crippen LogP contribution in [0.15, 0.2) is 30.6 Å². The van der Waals surface area contributed by atoms with Gasteiger partial charge in [-0.15, -0.1) is 0 Å². The van der Waals surface area contributed by atoms with E-state index >= 15 is 0 Å². The number of benzene rings is 1. The van der Waals surface area contributed by atoms with E-state index < -0.39 is 0 Å². The zero-order chi connectivity index (χ0) is 15.8. The molecule has 4 rings (SSSR count). The molecule has 1 aromatic carbocycles. The number of nitrogens with zero attached hydrogens (tertiary/aromatic N) is 2. The fraction of sp³-hybridized carbons (Fsp3) is 0.375. The molecule has 0 bridgehead atoms. The van der Waals surface area contributed by atoms with Crippen LogP contribution in [0, 0.1) is 11.7 Å². The SMILES string of the molecule is O=C(C1CNNC1c1cccc(F)c1)N1CCc2nc[nH]c2C1. The minimum Gasteiger partial charge on any atom is -0.347 e. The van der Waals surface area contributed by atoms with E-state index in [4.69, 9.17) is 0 Å². The molecular formula is C16H18FN5O. The first kappa shape index (κ1) is 14.3. The summed E-state index contributed by atoms with van der Waals surface area (Å²) >= 11 is 0. The van der Waals surface area contributed by atoms with E-state index in [0.717, 1.165) is 23.4 Å². The van der Waals surface area contributed by atoms with E-state index in [0.29, 0.717) is 19.6 Å². The van der Waals surface area contributed by atoms with Gasteiger partial charge in [-0.2, -0.15) is 0 Å². The minimum absolute atomic E-state index is 0.0806. The number of hydrazine groups is 1. The number of aromatic nitrogens is 2. The van der Waals surface area contributed by atoms with Crippen molar-refractivity contribution in [1.29, 1.82) is 0 Å². The molecule has 6 nitrogen and oxygen atoms in total. The second-order valence-electron chi connectivity index (χ2n) is 6.00. The molecule has 2 unspecified atom stereocenters. The number of carbonyl (C=O) groups is 1. The van der Waals surface area contributed by atoms with Crippen molar-refractivity contribution in [2.24, 2.45) is 5.92 Å². The van der Waals surface area contributed by atoms with E-state index in [-0.39, 0.29) is 23.7 Å². The van der Waals surface area contributed by atoms with Gasteiger partial charge in [0.05, 0.1) is 36.2 Å². The quantitative estimate of drug-likeness (QED) is 0.770. The number of hydrogen-bond donors (Lipinski definition) is 3. The molecule has 2 aliphatic heterocycles. The molecule has 23 heavy (non-hydrogen) atoms. The maximum Gasteiger partial charge on any atom is 0.229 e. The highest BCUT2D eigenvalue weighted by atomic mass is 19.1. The number of imidazole rings is 1. The number of halogens is 1. The number of amides is 1. The third-order valence-corrected chi connectivity index (χ3v) is 4.59. The van der Waals surface area contributed by atoms with Gasteiger partial charge in [0, 0.05) is 19.5 Å². The van der Waals surface area contributed by atoms with Crippen molar-refractivity contribution in [2.75, 3.05) is 13.1 Å². The van der Waals surface area contributed by atoms with E-state index in [1.54, 1.807) is 12.4 Å². The Kier molecular flexibility index (Phi) is 3.59. The van der Waals surface area contributed by atoms with E-state index in [1.807, 2.05) is 11.0 Å². The lowest BCUT2D eigenvalue weighted by Crippen LogP contribution is -2.42. The summed E-state index contributed by atoms with van der Waals surface area (Å²) in [5.41, 5.74) is 8.96. The van der Waals surface area contributed by atoms with Gasteiger partial charge in [0.2, 0.25) is 5.91 Å². The summed E-state index contributed by atoms with van der Waals surface area (Å²) in [6.07, 6.45) is 2.44. The van der Waals surface area contributed by atoms with Gasteiger partial charge in [-0.3, -0.25) is 10.2 Å². The van der Waals surface area contributed by atoms with Crippen molar-refractivity contribution < 1.29 is 9.18 Å². The zero-order valence-electron chi connectivity index (χ0n) is 12.6. The first-order valence-electron chi connectivity index (χ1n) is 7.76. The fourth-order valence-electron chi connectivity index (χ4n) is 3.38. The predicted octanol–water partition coefficient (Wildman–Crippen LogP) is 0.899. The van der Waals surface area contributed by atoms with Crippen molar-refractivity contribution in [2.45, 2.75) is 19.0 Å². The number of nitrogens with one attached hydrogen (secondary N) is 3. The number of carbonyl (C=O) groups excluding carboxylic acids is 1. The molecule has 2 atom stereocenters. The molecule has 1 fully saturated rings. The Labute approximate surface area is 133 Å². The van der Waals surface area contributed by atoms with Crippen LogP contribution in [0.2, 0.25) is 0 Å². The largest absolute Gasteiger partial charge is 0.347 e. The summed E-state index contributed by atoms with van der Waals surface area (Å²) in [5, 5.41) is 0. The van der Waals surface area contributed by atoms with Crippen LogP contribution in [-0.2, 0) is 17.8 Å². The minimum atomic E-state index is -0.289. The van der Waals surface area contributed by atoms with Crippen LogP contribution in [0.4, 0.5) is 4.39 Å². The number of aromatic amines is 1. The van der Waals surface area contributed by atoms with Gasteiger partial charge in [-0.25, -0.2) is 14.8 Å². The van der Waals surface area contributed by atoms with Crippen molar-refractivity contribution in [3.05, 3.63) is 53.4 Å². The van der Waals surface area contributed by atoms with Gasteiger partial charge in [-0.1, -0.05) is 12.1 Å². The smallest absolute Gasteiger partial charge is 0.229 e. The molecule has 3 heterocycles. The third kappa shape index (κ3) is 2.62. The Morgan fingerprint density at radius 3 is 3.17 bits per heavy atom. The van der Waals surface area contributed by atoms with Crippen molar-refractivity contribution in [3.8, 4) is 0 Å². The fourth-order valence-corrected chi connectivity index (χ4v) is 3.38. The zero-order valence-corrected chi connectivity index (χ0v) is 12.6. The third-order valence-electron chi connectivity index (χ3n) is 4.59. The molecule has 0 aliphatic carbocycles. The lowest BCUT2D eigenvalue weighted by Gasteiger charge is -2.30. The highest BCUT2D eigenvalue weighted by molar-refractivity contribution is 5.80. The lowest BCUT2D eigenvalue weighted by molar-refractivity contribution is -0.136. The molecule has 7 heteroatoms. The standard InChI is InChI=1S/C16H18FN5O/c17-11-3-1-2-10(6-11)15-12(7-20-21-15)16(23)22-5-4-13-14(8-22)19-9-18-13/h1-3,6,9,12,15,20-21H,4-5,7-8H2,(H,18,19). The summed E-state index contributed by atoms with van der Waals surface area (Å²) in [5.74, 6) is -0.458. The van der Waals surface area contributed by atoms with Crippen LogP contribution in [0.25, 0.3) is 0 Å². The molecule has 1 saturated heterocycles. The molecule has 0 saturated carbocycles. The van der Waals surface area contributed by atoms with Gasteiger partial charge >= 0.3 is 0 Å². The Balaban J connectivity index is 1.54. The molecular weight excluding hydrogens is 297 g/mol. The topological polar surface area (TPSA) is 73.1 Å². The molecule has 0 radical (unpaired) electrons. The molecule has 0 spiro atoms. The van der Waals surface area contributed by atoms with E-state index in [1.165, 1.54) is 12.1 Å². The molecule has 2 aliphatic rings. The molecule has 120 valence electrons. The van der Waals surface area contributed by atoms with Crippen molar-refractivity contribution >= 4 is 5.91 Å². The summed E-state index contributed by atoms with van der Waals surface area (Å²) in [7, 11) is 0. The van der Waals surface area contributed by atoms with E-state index in [2.05, 4.69) is 20.8 Å². The normalized spacial score (nSPS) is 23.8. The second-order valence-corrected chi connectivity index (χ2v) is 6.00. The first-order valence-corrected chi connectivity index (χ1v) is 7.76. The first-order chi connectivity index (χ1) is 11.2. The monoisotopic (exact) mass is 315 g/mol. The Hall–Kier alpha value is -2.25. The van der Waals surface area contributed by atoms with Crippen molar-refractivity contribution in [3.63, 3.8) is 0 Å². The highest BCUT2D eigenvalue weighted by Gasteiger charge is 2.37. The van der Waals surface area contributed by atoms with Crippen LogP contribution in [0.1, 0.15) is 23.0 Å². The predicted molar refractivity (Wildman–Crippen MR) is 81.5 cm³/mol. The van der Waals surface area contributed by atoms with Gasteiger partial charge < -0.3 is 9.88 Å². The van der Waals surface area contributed by atoms with Gasteiger partial charge in [0.1, 0.15) is 5.82 Å². The maximum atomic E-state index is 13.5. The van der Waals surface area contributed by atoms with E-state index in [9.17, 15) is 9.18 Å². The van der Waals surface area contributed by atoms with Crippen LogP contribution < -0.4 is 10.9 Å². The summed E-state index contributed by atoms with van der Waals surface area (Å²) in [4.78, 5) is 22.1. The average molecular weight is 315 g/mol. The number of fused-ring (bicyclic) bond motifs is 1. The Bertz CT molecular complexity index is 731. The molecule has 1 amide bonds. The lowest BCUT2D eigenvalue weighted by atomic mass is 9.93. The second kappa shape index (κ2) is 5.75. The average Bonchev–Trinajstić information content (AvgIpc) is 3.22. The van der Waals surface area contributed by atoms with Crippen LogP contribution in [-0.4, -0.2) is 33.9 Å². The Morgan fingerprint density at radius 1 is 1.39 bits per heavy atom. The maximum absolute atomic E-state index is 13.5. The molecule has 3 N–H and O–H groups in total. The van der Waals surface area contributed by atoms with Crippen LogP contribution >= 0.6 is 0 Å². The summed E-state index contributed by atoms with van der Waals surface area (Å²) < 4.78 is 13.5. The summed E-state index contributed by atoms with van der Waals surface area (Å²) in [6.45, 7) is 1.76. The molecule has 2 aromatic rings. The van der Waals surface area contributed by atoms with Gasteiger partial charge in [-0.05, 0) is 17.7 Å². The number of hydrogen-bond acceptors (Lipinski definition) is 4. The highest BCUT2D eigenvalue weighted by Crippen LogP contribution is 2.28. The molecule has 1 aromatic heterocycles. The Morgan fingerprint density at radius 2 is 2.30 bits per heavy atom. The summed E-state index contributed by atoms with van der Waals surface area (Å²) in [6, 6.07) is 6.18. The van der Waals surface area contributed by atoms with Gasteiger partial charge in [0.25, 0.3) is 0 Å².